The van der Waals surface area contributed by atoms with E-state index in [2.05, 4.69) is 10.4 Å². The van der Waals surface area contributed by atoms with Gasteiger partial charge in [0.25, 0.3) is 5.91 Å². The van der Waals surface area contributed by atoms with Gasteiger partial charge in [0, 0.05) is 18.3 Å². The first-order chi connectivity index (χ1) is 16.3. The van der Waals surface area contributed by atoms with Crippen LogP contribution in [0.15, 0.2) is 77.4 Å². The summed E-state index contributed by atoms with van der Waals surface area (Å²) in [5, 5.41) is 7.50. The van der Waals surface area contributed by atoms with Gasteiger partial charge in [0.2, 0.25) is 5.91 Å². The predicted molar refractivity (Wildman–Crippen MR) is 125 cm³/mol. The van der Waals surface area contributed by atoms with Gasteiger partial charge in [0.15, 0.2) is 5.76 Å². The maximum Gasteiger partial charge on any atom is 0.277 e. The van der Waals surface area contributed by atoms with Crippen molar-refractivity contribution >= 4 is 17.5 Å². The zero-order chi connectivity index (χ0) is 23.9. The number of nitrogens with one attached hydrogen (secondary N) is 1. The van der Waals surface area contributed by atoms with E-state index in [1.807, 2.05) is 31.2 Å². The average molecular weight is 458 g/mol. The van der Waals surface area contributed by atoms with E-state index >= 15 is 0 Å². The summed E-state index contributed by atoms with van der Waals surface area (Å²) in [6.07, 6.45) is 1.53. The lowest BCUT2D eigenvalue weighted by Crippen LogP contribution is -2.64. The third kappa shape index (κ3) is 3.77. The van der Waals surface area contributed by atoms with E-state index in [1.165, 1.54) is 40.1 Å². The molecule has 1 atom stereocenters. The van der Waals surface area contributed by atoms with Crippen molar-refractivity contribution in [3.8, 4) is 11.5 Å². The monoisotopic (exact) mass is 458 g/mol. The molecule has 0 radical (unpaired) electrons. The summed E-state index contributed by atoms with van der Waals surface area (Å²) in [5.74, 6) is -0.652. The normalized spacial score (nSPS) is 17.5. The zero-order valence-corrected chi connectivity index (χ0v) is 18.8. The van der Waals surface area contributed by atoms with Gasteiger partial charge in [0.1, 0.15) is 22.7 Å². The minimum atomic E-state index is -1.31. The number of aromatic nitrogens is 2. The highest BCUT2D eigenvalue weighted by molar-refractivity contribution is 6.12. The Labute approximate surface area is 195 Å². The van der Waals surface area contributed by atoms with Crippen molar-refractivity contribution in [2.75, 3.05) is 4.90 Å². The highest BCUT2D eigenvalue weighted by Gasteiger charge is 2.49. The Morgan fingerprint density at radius 3 is 2.65 bits per heavy atom. The van der Waals surface area contributed by atoms with Crippen molar-refractivity contribution < 1.29 is 18.4 Å². The van der Waals surface area contributed by atoms with Crippen LogP contribution < -0.4 is 10.2 Å². The molecule has 0 spiro atoms. The number of carbonyl (C=O) groups excluding carboxylic acids is 2. The lowest BCUT2D eigenvalue weighted by molar-refractivity contribution is -0.126. The first-order valence-electron chi connectivity index (χ1n) is 10.9. The van der Waals surface area contributed by atoms with E-state index in [0.29, 0.717) is 29.4 Å². The smallest absolute Gasteiger partial charge is 0.277 e. The molecule has 5 rings (SSSR count). The lowest BCUT2D eigenvalue weighted by atomic mass is 9.93. The van der Waals surface area contributed by atoms with Crippen LogP contribution in [0.5, 0.6) is 0 Å². The van der Waals surface area contributed by atoms with E-state index in [9.17, 15) is 14.0 Å². The first kappa shape index (κ1) is 21.6. The number of nitrogens with zero attached hydrogens (tertiary/aromatic N) is 3. The molecule has 8 heteroatoms. The largest absolute Gasteiger partial charge is 0.463 e. The van der Waals surface area contributed by atoms with E-state index in [-0.39, 0.29) is 12.5 Å². The van der Waals surface area contributed by atoms with Crippen LogP contribution in [-0.4, -0.2) is 27.1 Å². The van der Waals surface area contributed by atoms with Gasteiger partial charge in [-0.15, -0.1) is 0 Å². The Morgan fingerprint density at radius 1 is 1.15 bits per heavy atom. The molecular formula is C26H23FN4O3. The minimum Gasteiger partial charge on any atom is -0.463 e. The van der Waals surface area contributed by atoms with Crippen LogP contribution in [0, 0.1) is 12.7 Å². The molecule has 7 nitrogen and oxygen atoms in total. The average Bonchev–Trinajstić information content (AvgIpc) is 3.49. The van der Waals surface area contributed by atoms with Gasteiger partial charge in [-0.2, -0.15) is 5.10 Å². The molecule has 1 N–H and O–H groups in total. The lowest BCUT2D eigenvalue weighted by Gasteiger charge is -2.43. The summed E-state index contributed by atoms with van der Waals surface area (Å²) in [5.41, 5.74) is 1.97. The Hall–Kier alpha value is -4.20. The fourth-order valence-corrected chi connectivity index (χ4v) is 4.32. The SMILES string of the molecule is Cc1cccc(CNC(=O)[C@]2(C)Cn3nc(-c4ccco4)cc3C(=O)N2c2ccc(F)cc2)c1. The second-order valence-electron chi connectivity index (χ2n) is 8.61. The molecule has 2 amide bonds. The number of anilines is 1. The summed E-state index contributed by atoms with van der Waals surface area (Å²) in [6, 6.07) is 18.5. The molecule has 2 aromatic heterocycles. The van der Waals surface area contributed by atoms with Crippen LogP contribution in [0.3, 0.4) is 0 Å². The molecule has 1 aliphatic rings. The molecule has 2 aromatic carbocycles. The van der Waals surface area contributed by atoms with Crippen LogP contribution in [-0.2, 0) is 17.9 Å². The van der Waals surface area contributed by atoms with Crippen molar-refractivity contribution in [1.82, 2.24) is 15.1 Å². The topological polar surface area (TPSA) is 80.4 Å². The third-order valence-corrected chi connectivity index (χ3v) is 6.04. The summed E-state index contributed by atoms with van der Waals surface area (Å²) < 4.78 is 20.6. The number of hydrogen-bond acceptors (Lipinski definition) is 4. The van der Waals surface area contributed by atoms with Crippen LogP contribution >= 0.6 is 0 Å². The predicted octanol–water partition coefficient (Wildman–Crippen LogP) is 4.33. The number of furan rings is 1. The molecule has 0 unspecified atom stereocenters. The Morgan fingerprint density at radius 2 is 1.94 bits per heavy atom. The molecule has 0 aliphatic carbocycles. The number of carbonyl (C=O) groups is 2. The Kier molecular flexibility index (Phi) is 5.28. The highest BCUT2D eigenvalue weighted by Crippen LogP contribution is 2.34. The summed E-state index contributed by atoms with van der Waals surface area (Å²) >= 11 is 0. The number of benzene rings is 2. The number of fused-ring (bicyclic) bond motifs is 1. The van der Waals surface area contributed by atoms with Gasteiger partial charge >= 0.3 is 0 Å². The van der Waals surface area contributed by atoms with Crippen molar-refractivity contribution in [2.45, 2.75) is 32.5 Å². The van der Waals surface area contributed by atoms with Gasteiger partial charge in [-0.3, -0.25) is 19.2 Å². The minimum absolute atomic E-state index is 0.117. The van der Waals surface area contributed by atoms with Gasteiger partial charge in [-0.05, 0) is 55.8 Å². The summed E-state index contributed by atoms with van der Waals surface area (Å²) in [4.78, 5) is 28.7. The number of amides is 2. The van der Waals surface area contributed by atoms with Gasteiger partial charge < -0.3 is 9.73 Å². The molecule has 172 valence electrons. The first-order valence-corrected chi connectivity index (χ1v) is 10.9. The Bertz CT molecular complexity index is 1360. The van der Waals surface area contributed by atoms with Crippen LogP contribution in [0.2, 0.25) is 0 Å². The molecule has 3 heterocycles. The van der Waals surface area contributed by atoms with Crippen LogP contribution in [0.4, 0.5) is 10.1 Å². The number of halogens is 1. The van der Waals surface area contributed by atoms with Gasteiger partial charge in [-0.1, -0.05) is 29.8 Å². The van der Waals surface area contributed by atoms with Crippen molar-refractivity contribution in [3.05, 3.63) is 95.6 Å². The van der Waals surface area contributed by atoms with E-state index in [0.717, 1.165) is 11.1 Å². The maximum absolute atomic E-state index is 13.7. The highest BCUT2D eigenvalue weighted by atomic mass is 19.1. The van der Waals surface area contributed by atoms with Crippen LogP contribution in [0.25, 0.3) is 11.5 Å². The fraction of sp³-hybridized carbons (Fsp3) is 0.192. The fourth-order valence-electron chi connectivity index (χ4n) is 4.32. The third-order valence-electron chi connectivity index (χ3n) is 6.04. The second-order valence-corrected chi connectivity index (χ2v) is 8.61. The van der Waals surface area contributed by atoms with Gasteiger partial charge in [0.05, 0.1) is 12.8 Å². The molecule has 0 fully saturated rings. The number of aryl methyl sites for hydroxylation is 1. The van der Waals surface area contributed by atoms with Crippen molar-refractivity contribution in [1.29, 1.82) is 0 Å². The van der Waals surface area contributed by atoms with Crippen LogP contribution in [0.1, 0.15) is 28.5 Å². The van der Waals surface area contributed by atoms with E-state index in [4.69, 9.17) is 4.42 Å². The standard InChI is InChI=1S/C26H23FN4O3/c1-17-5-3-6-18(13-17)15-28-25(33)26(2)16-30-22(14-21(29-30)23-7-4-12-34-23)24(32)31(26)20-10-8-19(27)9-11-20/h3-14H,15-16H2,1-2H3,(H,28,33)/t26-/m0/s1. The quantitative estimate of drug-likeness (QED) is 0.483. The van der Waals surface area contributed by atoms with E-state index < -0.39 is 17.3 Å². The van der Waals surface area contributed by atoms with Crippen molar-refractivity contribution in [3.63, 3.8) is 0 Å². The maximum atomic E-state index is 13.7. The molecular weight excluding hydrogens is 435 g/mol. The van der Waals surface area contributed by atoms with E-state index in [1.54, 1.807) is 25.1 Å². The van der Waals surface area contributed by atoms with Crippen molar-refractivity contribution in [2.24, 2.45) is 0 Å². The van der Waals surface area contributed by atoms with Gasteiger partial charge in [-0.25, -0.2) is 4.39 Å². The summed E-state index contributed by atoms with van der Waals surface area (Å²) in [6.45, 7) is 4.10. The second kappa shape index (κ2) is 8.30. The number of rotatable bonds is 5. The molecule has 4 aromatic rings. The Balaban J connectivity index is 1.53. The summed E-state index contributed by atoms with van der Waals surface area (Å²) in [7, 11) is 0. The molecule has 34 heavy (non-hydrogen) atoms. The molecule has 0 saturated carbocycles. The molecule has 0 saturated heterocycles. The number of hydrogen-bond donors (Lipinski definition) is 1. The molecule has 0 bridgehead atoms. The molecule has 1 aliphatic heterocycles. The zero-order valence-electron chi connectivity index (χ0n) is 18.8.